The van der Waals surface area contributed by atoms with E-state index in [4.69, 9.17) is 10.5 Å². The molecule has 0 bridgehead atoms. The summed E-state index contributed by atoms with van der Waals surface area (Å²) in [5.74, 6) is 2.09. The Labute approximate surface area is 242 Å². The molecule has 4 unspecified atom stereocenters. The summed E-state index contributed by atoms with van der Waals surface area (Å²) in [7, 11) is 0. The number of carbonyl (C=O) groups excluding carboxylic acids is 1. The van der Waals surface area contributed by atoms with Crippen molar-refractivity contribution in [3.05, 3.63) is 0 Å². The maximum Gasteiger partial charge on any atom is 0.407 e. The van der Waals surface area contributed by atoms with Gasteiger partial charge in [0.2, 0.25) is 0 Å². The van der Waals surface area contributed by atoms with Crippen LogP contribution in [0.15, 0.2) is 0 Å². The molecule has 0 heterocycles. The number of alkyl carbamates (subject to hydrolysis) is 1. The highest BCUT2D eigenvalue weighted by atomic mass is 16.6. The van der Waals surface area contributed by atoms with Crippen LogP contribution in [0.2, 0.25) is 0 Å². The molecule has 6 heteroatoms. The molecule has 6 aliphatic carbocycles. The SMILES string of the molecule is C[C@@H](CN)[C@@H]1CC[C@]2(C(=O)O)CC[C@]3(C)C(CCC4[C@@]5(C)CC[C@@H](OC(=O)NC6CC6)C(C)(C)C5CC[C@]43C)C12. The zero-order valence-corrected chi connectivity index (χ0v) is 26.1. The van der Waals surface area contributed by atoms with E-state index in [9.17, 15) is 14.7 Å². The van der Waals surface area contributed by atoms with Gasteiger partial charge in [-0.3, -0.25) is 4.79 Å². The predicted molar refractivity (Wildman–Crippen MR) is 156 cm³/mol. The minimum Gasteiger partial charge on any atom is -0.481 e. The monoisotopic (exact) mass is 556 g/mol. The molecule has 6 rings (SSSR count). The average Bonchev–Trinajstić information content (AvgIpc) is 3.61. The van der Waals surface area contributed by atoms with Crippen molar-refractivity contribution in [3.63, 3.8) is 0 Å². The van der Waals surface area contributed by atoms with Gasteiger partial charge in [-0.15, -0.1) is 0 Å². The summed E-state index contributed by atoms with van der Waals surface area (Å²) in [6.07, 6.45) is 12.4. The number of nitrogens with one attached hydrogen (secondary N) is 1. The molecule has 0 spiro atoms. The zero-order valence-electron chi connectivity index (χ0n) is 26.1. The van der Waals surface area contributed by atoms with Gasteiger partial charge in [-0.25, -0.2) is 4.79 Å². The van der Waals surface area contributed by atoms with Crippen LogP contribution in [0.5, 0.6) is 0 Å². The Morgan fingerprint density at radius 2 is 1.60 bits per heavy atom. The first-order valence-corrected chi connectivity index (χ1v) is 16.7. The van der Waals surface area contributed by atoms with Gasteiger partial charge < -0.3 is 20.9 Å². The smallest absolute Gasteiger partial charge is 0.407 e. The van der Waals surface area contributed by atoms with Crippen LogP contribution in [0.4, 0.5) is 4.79 Å². The number of hydrogen-bond acceptors (Lipinski definition) is 4. The van der Waals surface area contributed by atoms with E-state index in [2.05, 4.69) is 46.9 Å². The zero-order chi connectivity index (χ0) is 28.9. The van der Waals surface area contributed by atoms with E-state index >= 15 is 0 Å². The van der Waals surface area contributed by atoms with Gasteiger partial charge in [0.25, 0.3) is 0 Å². The predicted octanol–water partition coefficient (Wildman–Crippen LogP) is 7.00. The summed E-state index contributed by atoms with van der Waals surface area (Å²) in [5, 5.41) is 13.7. The summed E-state index contributed by atoms with van der Waals surface area (Å²) in [5.41, 5.74) is 6.15. The fourth-order valence-corrected chi connectivity index (χ4v) is 12.6. The molecule has 0 aliphatic heterocycles. The van der Waals surface area contributed by atoms with Gasteiger partial charge in [-0.05, 0) is 135 Å². The number of carboxylic acids is 1. The van der Waals surface area contributed by atoms with Crippen LogP contribution in [-0.2, 0) is 9.53 Å². The third-order valence-electron chi connectivity index (χ3n) is 15.1. The van der Waals surface area contributed by atoms with Crippen LogP contribution in [0, 0.1) is 62.6 Å². The summed E-state index contributed by atoms with van der Waals surface area (Å²) in [6.45, 7) is 15.4. The molecule has 226 valence electrons. The van der Waals surface area contributed by atoms with Crippen molar-refractivity contribution in [1.29, 1.82) is 0 Å². The Bertz CT molecular complexity index is 1040. The standard InChI is InChI=1S/C34H56N2O4/c1-20(19-35)22-11-16-34(28(37)38)18-17-32(5)23(27(22)34)9-10-25-31(4)14-13-26(40-29(39)36-21-7-8-21)30(2,3)24(31)12-15-33(25,32)6/h20-27H,7-19,35H2,1-6H3,(H,36,39)(H,37,38)/t20-,22-,23?,24?,25?,26+,27?,31-,32+,33+,34-/m0/s1. The van der Waals surface area contributed by atoms with E-state index in [0.717, 1.165) is 57.8 Å². The first-order valence-electron chi connectivity index (χ1n) is 16.7. The van der Waals surface area contributed by atoms with Gasteiger partial charge in [0.05, 0.1) is 5.41 Å². The lowest BCUT2D eigenvalue weighted by atomic mass is 9.32. The Hall–Kier alpha value is -1.30. The van der Waals surface area contributed by atoms with Crippen LogP contribution in [-0.4, -0.2) is 35.9 Å². The van der Waals surface area contributed by atoms with Crippen LogP contribution in [0.25, 0.3) is 0 Å². The van der Waals surface area contributed by atoms with Crippen molar-refractivity contribution in [3.8, 4) is 0 Å². The topological polar surface area (TPSA) is 102 Å². The first-order chi connectivity index (χ1) is 18.7. The fraction of sp³-hybridized carbons (Fsp3) is 0.941. The second-order valence-electron chi connectivity index (χ2n) is 16.7. The minimum absolute atomic E-state index is 0.0385. The molecule has 0 aromatic heterocycles. The molecule has 0 aromatic carbocycles. The molecule has 6 nitrogen and oxygen atoms in total. The Morgan fingerprint density at radius 3 is 2.25 bits per heavy atom. The van der Waals surface area contributed by atoms with Crippen molar-refractivity contribution < 1.29 is 19.4 Å². The van der Waals surface area contributed by atoms with Crippen LogP contribution in [0.3, 0.4) is 0 Å². The lowest BCUT2D eigenvalue weighted by Crippen LogP contribution is -2.67. The maximum absolute atomic E-state index is 13.0. The number of rotatable bonds is 5. The lowest BCUT2D eigenvalue weighted by molar-refractivity contribution is -0.249. The van der Waals surface area contributed by atoms with Crippen LogP contribution in [0.1, 0.15) is 119 Å². The third-order valence-corrected chi connectivity index (χ3v) is 15.1. The third kappa shape index (κ3) is 3.82. The highest BCUT2D eigenvalue weighted by Crippen LogP contribution is 2.77. The summed E-state index contributed by atoms with van der Waals surface area (Å²) in [6, 6.07) is 0.318. The van der Waals surface area contributed by atoms with Gasteiger partial charge in [0, 0.05) is 11.5 Å². The lowest BCUT2D eigenvalue weighted by Gasteiger charge is -2.72. The normalized spacial score (nSPS) is 50.0. The van der Waals surface area contributed by atoms with E-state index in [1.54, 1.807) is 0 Å². The van der Waals surface area contributed by atoms with Crippen molar-refractivity contribution in [1.82, 2.24) is 5.32 Å². The molecule has 6 saturated carbocycles. The first kappa shape index (κ1) is 28.8. The minimum atomic E-state index is -0.555. The molecule has 6 aliphatic rings. The highest BCUT2D eigenvalue weighted by Gasteiger charge is 2.72. The molecule has 0 radical (unpaired) electrons. The second-order valence-corrected chi connectivity index (χ2v) is 16.7. The number of amides is 1. The molecular weight excluding hydrogens is 500 g/mol. The maximum atomic E-state index is 13.0. The van der Waals surface area contributed by atoms with Crippen LogP contribution < -0.4 is 11.1 Å². The molecule has 1 amide bonds. The van der Waals surface area contributed by atoms with Crippen molar-refractivity contribution >= 4 is 12.1 Å². The van der Waals surface area contributed by atoms with Gasteiger partial charge in [0.15, 0.2) is 0 Å². The Balaban J connectivity index is 1.29. The quantitative estimate of drug-likeness (QED) is 0.338. The van der Waals surface area contributed by atoms with Gasteiger partial charge >= 0.3 is 12.1 Å². The molecule has 4 N–H and O–H groups in total. The Morgan fingerprint density at radius 1 is 0.875 bits per heavy atom. The van der Waals surface area contributed by atoms with Gasteiger partial charge in [-0.1, -0.05) is 41.5 Å². The van der Waals surface area contributed by atoms with Gasteiger partial charge in [0.1, 0.15) is 6.10 Å². The molecule has 0 aromatic rings. The number of nitrogens with two attached hydrogens (primary N) is 1. The van der Waals surface area contributed by atoms with E-state index in [-0.39, 0.29) is 39.8 Å². The van der Waals surface area contributed by atoms with E-state index in [1.165, 1.54) is 19.3 Å². The van der Waals surface area contributed by atoms with Crippen LogP contribution >= 0.6 is 0 Å². The summed E-state index contributed by atoms with van der Waals surface area (Å²) >= 11 is 0. The van der Waals surface area contributed by atoms with Crippen molar-refractivity contribution in [2.75, 3.05) is 6.54 Å². The number of carboxylic acid groups (broad SMARTS) is 1. The molecule has 40 heavy (non-hydrogen) atoms. The number of fused-ring (bicyclic) bond motifs is 7. The van der Waals surface area contributed by atoms with Crippen molar-refractivity contribution in [2.24, 2.45) is 68.3 Å². The van der Waals surface area contributed by atoms with E-state index in [0.29, 0.717) is 42.2 Å². The largest absolute Gasteiger partial charge is 0.481 e. The summed E-state index contributed by atoms with van der Waals surface area (Å²) < 4.78 is 6.13. The molecule has 6 fully saturated rings. The summed E-state index contributed by atoms with van der Waals surface area (Å²) in [4.78, 5) is 25.6. The fourth-order valence-electron chi connectivity index (χ4n) is 12.6. The number of ether oxygens (including phenoxy) is 1. The second kappa shape index (κ2) is 9.35. The van der Waals surface area contributed by atoms with E-state index in [1.807, 2.05) is 0 Å². The molecule has 0 saturated heterocycles. The number of hydrogen-bond donors (Lipinski definition) is 3. The number of carbonyl (C=O) groups is 2. The van der Waals surface area contributed by atoms with E-state index < -0.39 is 11.4 Å². The Kier molecular flexibility index (Phi) is 6.73. The highest BCUT2D eigenvalue weighted by molar-refractivity contribution is 5.76. The molecule has 11 atom stereocenters. The number of aliphatic carboxylic acids is 1. The van der Waals surface area contributed by atoms with Gasteiger partial charge in [-0.2, -0.15) is 0 Å². The molecular formula is C34H56N2O4. The van der Waals surface area contributed by atoms with Crippen molar-refractivity contribution in [2.45, 2.75) is 131 Å². The average molecular weight is 557 g/mol.